The maximum Gasteiger partial charge on any atom is 0.134 e. The van der Waals surface area contributed by atoms with Crippen molar-refractivity contribution in [2.75, 3.05) is 0 Å². The summed E-state index contributed by atoms with van der Waals surface area (Å²) < 4.78 is 5.89. The highest BCUT2D eigenvalue weighted by atomic mass is 35.5. The van der Waals surface area contributed by atoms with Gasteiger partial charge in [-0.2, -0.15) is 0 Å². The summed E-state index contributed by atoms with van der Waals surface area (Å²) >= 11 is 6.01. The van der Waals surface area contributed by atoms with Gasteiger partial charge in [-0.1, -0.05) is 41.9 Å². The van der Waals surface area contributed by atoms with Crippen molar-refractivity contribution in [3.05, 3.63) is 70.4 Å². The molecule has 96 valence electrons. The molecule has 1 atom stereocenters. The van der Waals surface area contributed by atoms with Crippen LogP contribution in [-0.4, -0.2) is 0 Å². The molecule has 2 nitrogen and oxygen atoms in total. The molecule has 1 unspecified atom stereocenters. The highest BCUT2D eigenvalue weighted by molar-refractivity contribution is 6.30. The third-order valence-electron chi connectivity index (χ3n) is 3.37. The molecule has 0 bridgehead atoms. The molecule has 0 saturated carbocycles. The number of para-hydroxylation sites is 1. The molecule has 3 rings (SSSR count). The molecule has 2 N–H and O–H groups in total. The normalized spacial score (nSPS) is 12.8. The topological polar surface area (TPSA) is 39.2 Å². The van der Waals surface area contributed by atoms with Gasteiger partial charge in [-0.15, -0.1) is 0 Å². The van der Waals surface area contributed by atoms with Crippen LogP contribution in [0.4, 0.5) is 0 Å². The molecule has 0 saturated heterocycles. The maximum atomic E-state index is 6.30. The summed E-state index contributed by atoms with van der Waals surface area (Å²) in [4.78, 5) is 0. The van der Waals surface area contributed by atoms with E-state index in [-0.39, 0.29) is 6.04 Å². The molecule has 0 fully saturated rings. The minimum atomic E-state index is -0.300. The molecule has 3 aromatic rings. The standard InChI is InChI=1S/C16H14ClNO/c1-10-13-7-2-3-8-14(13)19-16(10)15(18)11-5-4-6-12(17)9-11/h2-9,15H,18H2,1H3. The van der Waals surface area contributed by atoms with Gasteiger partial charge in [0.1, 0.15) is 11.3 Å². The average Bonchev–Trinajstić information content (AvgIpc) is 2.76. The fraction of sp³-hybridized carbons (Fsp3) is 0.125. The predicted octanol–water partition coefficient (Wildman–Crippen LogP) is 4.44. The van der Waals surface area contributed by atoms with Crippen molar-refractivity contribution in [1.29, 1.82) is 0 Å². The lowest BCUT2D eigenvalue weighted by atomic mass is 10.0. The fourth-order valence-electron chi connectivity index (χ4n) is 2.34. The van der Waals surface area contributed by atoms with E-state index in [9.17, 15) is 0 Å². The minimum Gasteiger partial charge on any atom is -0.459 e. The summed E-state index contributed by atoms with van der Waals surface area (Å²) in [7, 11) is 0. The van der Waals surface area contributed by atoms with Gasteiger partial charge in [-0.05, 0) is 30.7 Å². The van der Waals surface area contributed by atoms with Crippen LogP contribution in [0.5, 0.6) is 0 Å². The zero-order chi connectivity index (χ0) is 13.4. The van der Waals surface area contributed by atoms with Crippen LogP contribution in [0.1, 0.15) is 22.9 Å². The number of hydrogen-bond acceptors (Lipinski definition) is 2. The van der Waals surface area contributed by atoms with E-state index in [1.165, 1.54) is 0 Å². The first-order valence-corrected chi connectivity index (χ1v) is 6.53. The van der Waals surface area contributed by atoms with Crippen molar-refractivity contribution in [3.63, 3.8) is 0 Å². The van der Waals surface area contributed by atoms with Crippen LogP contribution in [0.2, 0.25) is 5.02 Å². The zero-order valence-corrected chi connectivity index (χ0v) is 11.3. The number of aryl methyl sites for hydroxylation is 1. The number of halogens is 1. The van der Waals surface area contributed by atoms with Gasteiger partial charge in [0.2, 0.25) is 0 Å². The first-order valence-electron chi connectivity index (χ1n) is 6.16. The number of benzene rings is 2. The summed E-state index contributed by atoms with van der Waals surface area (Å²) in [6.07, 6.45) is 0. The summed E-state index contributed by atoms with van der Waals surface area (Å²) in [5.41, 5.74) is 9.21. The fourth-order valence-corrected chi connectivity index (χ4v) is 2.54. The van der Waals surface area contributed by atoms with Gasteiger partial charge in [0.05, 0.1) is 6.04 Å². The van der Waals surface area contributed by atoms with Gasteiger partial charge in [0.15, 0.2) is 0 Å². The van der Waals surface area contributed by atoms with E-state index >= 15 is 0 Å². The third-order valence-corrected chi connectivity index (χ3v) is 3.61. The van der Waals surface area contributed by atoms with Gasteiger partial charge in [-0.3, -0.25) is 0 Å². The minimum absolute atomic E-state index is 0.300. The number of fused-ring (bicyclic) bond motifs is 1. The van der Waals surface area contributed by atoms with Crippen molar-refractivity contribution >= 4 is 22.6 Å². The summed E-state index contributed by atoms with van der Waals surface area (Å²) in [6.45, 7) is 2.03. The molecular weight excluding hydrogens is 258 g/mol. The van der Waals surface area contributed by atoms with Crippen molar-refractivity contribution in [3.8, 4) is 0 Å². The number of furan rings is 1. The molecule has 0 amide bonds. The second-order valence-corrected chi connectivity index (χ2v) is 5.06. The first kappa shape index (κ1) is 12.3. The second-order valence-electron chi connectivity index (χ2n) is 4.62. The highest BCUT2D eigenvalue weighted by Crippen LogP contribution is 2.31. The monoisotopic (exact) mass is 271 g/mol. The Morgan fingerprint density at radius 1 is 1.11 bits per heavy atom. The molecule has 1 aromatic heterocycles. The predicted molar refractivity (Wildman–Crippen MR) is 78.4 cm³/mol. The Hall–Kier alpha value is -1.77. The maximum absolute atomic E-state index is 6.30. The van der Waals surface area contributed by atoms with E-state index in [0.29, 0.717) is 5.02 Å². The summed E-state index contributed by atoms with van der Waals surface area (Å²) in [5, 5.41) is 1.79. The first-order chi connectivity index (χ1) is 9.16. The molecule has 0 aliphatic heterocycles. The quantitative estimate of drug-likeness (QED) is 0.748. The lowest BCUT2D eigenvalue weighted by Crippen LogP contribution is -2.11. The van der Waals surface area contributed by atoms with Crippen LogP contribution in [0, 0.1) is 6.92 Å². The van der Waals surface area contributed by atoms with E-state index in [2.05, 4.69) is 0 Å². The van der Waals surface area contributed by atoms with Crippen molar-refractivity contribution < 1.29 is 4.42 Å². The highest BCUT2D eigenvalue weighted by Gasteiger charge is 2.18. The largest absolute Gasteiger partial charge is 0.459 e. The summed E-state index contributed by atoms with van der Waals surface area (Å²) in [6, 6.07) is 15.2. The third kappa shape index (κ3) is 2.14. The average molecular weight is 272 g/mol. The van der Waals surface area contributed by atoms with E-state index in [4.69, 9.17) is 21.8 Å². The van der Waals surface area contributed by atoms with Crippen LogP contribution in [0.25, 0.3) is 11.0 Å². The van der Waals surface area contributed by atoms with Crippen LogP contribution in [0.3, 0.4) is 0 Å². The number of nitrogens with two attached hydrogens (primary N) is 1. The Morgan fingerprint density at radius 2 is 1.89 bits per heavy atom. The van der Waals surface area contributed by atoms with Gasteiger partial charge in [0.25, 0.3) is 0 Å². The van der Waals surface area contributed by atoms with Gasteiger partial charge in [0, 0.05) is 16.0 Å². The van der Waals surface area contributed by atoms with Crippen LogP contribution < -0.4 is 5.73 Å². The van der Waals surface area contributed by atoms with Crippen molar-refractivity contribution in [1.82, 2.24) is 0 Å². The Kier molecular flexibility index (Phi) is 3.05. The second kappa shape index (κ2) is 4.72. The van der Waals surface area contributed by atoms with Gasteiger partial charge < -0.3 is 10.2 Å². The Balaban J connectivity index is 2.11. The van der Waals surface area contributed by atoms with Gasteiger partial charge in [-0.25, -0.2) is 0 Å². The van der Waals surface area contributed by atoms with Crippen molar-refractivity contribution in [2.24, 2.45) is 5.73 Å². The van der Waals surface area contributed by atoms with Crippen LogP contribution in [0.15, 0.2) is 52.9 Å². The SMILES string of the molecule is Cc1c(C(N)c2cccc(Cl)c2)oc2ccccc12. The Labute approximate surface area is 116 Å². The molecule has 0 aliphatic carbocycles. The Morgan fingerprint density at radius 3 is 2.63 bits per heavy atom. The molecule has 0 spiro atoms. The van der Waals surface area contributed by atoms with E-state index in [1.54, 1.807) is 0 Å². The van der Waals surface area contributed by atoms with E-state index in [0.717, 1.165) is 27.9 Å². The molecular formula is C16H14ClNO. The molecule has 0 radical (unpaired) electrons. The lowest BCUT2D eigenvalue weighted by molar-refractivity contribution is 0.521. The van der Waals surface area contributed by atoms with E-state index in [1.807, 2.05) is 55.5 Å². The van der Waals surface area contributed by atoms with E-state index < -0.39 is 0 Å². The van der Waals surface area contributed by atoms with Crippen molar-refractivity contribution in [2.45, 2.75) is 13.0 Å². The Bertz CT molecular complexity index is 732. The lowest BCUT2D eigenvalue weighted by Gasteiger charge is -2.10. The van der Waals surface area contributed by atoms with Gasteiger partial charge >= 0.3 is 0 Å². The zero-order valence-electron chi connectivity index (χ0n) is 10.6. The van der Waals surface area contributed by atoms with Crippen LogP contribution in [-0.2, 0) is 0 Å². The molecule has 19 heavy (non-hydrogen) atoms. The van der Waals surface area contributed by atoms with Crippen LogP contribution >= 0.6 is 11.6 Å². The molecule has 1 heterocycles. The smallest absolute Gasteiger partial charge is 0.134 e. The molecule has 0 aliphatic rings. The number of hydrogen-bond donors (Lipinski definition) is 1. The molecule has 2 aromatic carbocycles. The number of rotatable bonds is 2. The molecule has 3 heteroatoms. The summed E-state index contributed by atoms with van der Waals surface area (Å²) in [5.74, 6) is 0.795.